The Bertz CT molecular complexity index is 651. The maximum atomic E-state index is 12.7. The monoisotopic (exact) mass is 298 g/mol. The second-order valence-corrected chi connectivity index (χ2v) is 5.95. The highest BCUT2D eigenvalue weighted by Gasteiger charge is 2.23. The van der Waals surface area contributed by atoms with E-state index in [9.17, 15) is 4.79 Å². The van der Waals surface area contributed by atoms with Crippen LogP contribution in [0, 0.1) is 0 Å². The lowest BCUT2D eigenvalue weighted by Gasteiger charge is -2.18. The van der Waals surface area contributed by atoms with Gasteiger partial charge in [-0.15, -0.1) is 11.8 Å². The molecule has 2 heterocycles. The average molecular weight is 298 g/mol. The Morgan fingerprint density at radius 2 is 1.90 bits per heavy atom. The van der Waals surface area contributed by atoms with Crippen LogP contribution in [0.3, 0.4) is 0 Å². The lowest BCUT2D eigenvalue weighted by molar-refractivity contribution is 0.0793. The first-order valence-electron chi connectivity index (χ1n) is 7.19. The molecule has 1 fully saturated rings. The number of benzene rings is 1. The zero-order valence-electron chi connectivity index (χ0n) is 12.1. The van der Waals surface area contributed by atoms with E-state index in [0.717, 1.165) is 42.1 Å². The molecule has 1 aromatic heterocycles. The molecule has 0 unspecified atom stereocenters. The van der Waals surface area contributed by atoms with Gasteiger partial charge in [-0.25, -0.2) is 0 Å². The molecular formula is C17H18N2OS. The summed E-state index contributed by atoms with van der Waals surface area (Å²) < 4.78 is 0. The molecule has 21 heavy (non-hydrogen) atoms. The topological polar surface area (TPSA) is 33.2 Å². The molecule has 0 spiro atoms. The van der Waals surface area contributed by atoms with Crippen LogP contribution >= 0.6 is 11.8 Å². The SMILES string of the molecule is CSc1ccccc1-c1ncccc1C(=O)N1CCCC1. The quantitative estimate of drug-likeness (QED) is 0.810. The van der Waals surface area contributed by atoms with Crippen LogP contribution in [0.4, 0.5) is 0 Å². The number of likely N-dealkylation sites (tertiary alicyclic amines) is 1. The van der Waals surface area contributed by atoms with E-state index in [1.807, 2.05) is 41.5 Å². The highest BCUT2D eigenvalue weighted by molar-refractivity contribution is 7.98. The first kappa shape index (κ1) is 14.1. The second-order valence-electron chi connectivity index (χ2n) is 5.10. The highest BCUT2D eigenvalue weighted by Crippen LogP contribution is 2.31. The van der Waals surface area contributed by atoms with Gasteiger partial charge in [0.05, 0.1) is 11.3 Å². The Morgan fingerprint density at radius 3 is 2.67 bits per heavy atom. The lowest BCUT2D eigenvalue weighted by atomic mass is 10.0. The van der Waals surface area contributed by atoms with Crippen molar-refractivity contribution in [2.75, 3.05) is 19.3 Å². The fourth-order valence-electron chi connectivity index (χ4n) is 2.72. The largest absolute Gasteiger partial charge is 0.339 e. The lowest BCUT2D eigenvalue weighted by Crippen LogP contribution is -2.28. The summed E-state index contributed by atoms with van der Waals surface area (Å²) in [6, 6.07) is 11.8. The summed E-state index contributed by atoms with van der Waals surface area (Å²) in [6.07, 6.45) is 6.00. The number of amides is 1. The maximum absolute atomic E-state index is 12.7. The van der Waals surface area contributed by atoms with Crippen LogP contribution in [0.15, 0.2) is 47.5 Å². The summed E-state index contributed by atoms with van der Waals surface area (Å²) in [4.78, 5) is 20.3. The second kappa shape index (κ2) is 6.31. The standard InChI is InChI=1S/C17H18N2OS/c1-21-15-9-3-2-7-13(15)16-14(8-6-10-18-16)17(20)19-11-4-5-12-19/h2-3,6-10H,4-5,11-12H2,1H3. The number of carbonyl (C=O) groups excluding carboxylic acids is 1. The number of pyridine rings is 1. The van der Waals surface area contributed by atoms with Crippen LogP contribution in [0.5, 0.6) is 0 Å². The van der Waals surface area contributed by atoms with E-state index < -0.39 is 0 Å². The number of rotatable bonds is 3. The maximum Gasteiger partial charge on any atom is 0.256 e. The van der Waals surface area contributed by atoms with Crippen molar-refractivity contribution in [2.24, 2.45) is 0 Å². The summed E-state index contributed by atoms with van der Waals surface area (Å²) in [6.45, 7) is 1.72. The molecule has 1 saturated heterocycles. The van der Waals surface area contributed by atoms with Crippen LogP contribution in [-0.2, 0) is 0 Å². The van der Waals surface area contributed by atoms with Gasteiger partial charge in [-0.1, -0.05) is 18.2 Å². The molecule has 2 aromatic rings. The number of carbonyl (C=O) groups is 1. The molecule has 0 atom stereocenters. The van der Waals surface area contributed by atoms with Gasteiger partial charge in [0.25, 0.3) is 5.91 Å². The number of nitrogens with zero attached hydrogens (tertiary/aromatic N) is 2. The van der Waals surface area contributed by atoms with Gasteiger partial charge in [-0.2, -0.15) is 0 Å². The fourth-order valence-corrected chi connectivity index (χ4v) is 3.32. The molecule has 4 heteroatoms. The smallest absolute Gasteiger partial charge is 0.256 e. The van der Waals surface area contributed by atoms with Crippen molar-refractivity contribution in [3.63, 3.8) is 0 Å². The third-order valence-electron chi connectivity index (χ3n) is 3.79. The number of hydrogen-bond donors (Lipinski definition) is 0. The van der Waals surface area contributed by atoms with Crippen molar-refractivity contribution in [1.29, 1.82) is 0 Å². The Hall–Kier alpha value is -1.81. The summed E-state index contributed by atoms with van der Waals surface area (Å²) in [7, 11) is 0. The first-order valence-corrected chi connectivity index (χ1v) is 8.41. The summed E-state index contributed by atoms with van der Waals surface area (Å²) in [5.74, 6) is 0.103. The first-order chi connectivity index (χ1) is 10.3. The molecule has 0 radical (unpaired) electrons. The van der Waals surface area contributed by atoms with Crippen LogP contribution in [0.2, 0.25) is 0 Å². The van der Waals surface area contributed by atoms with E-state index in [0.29, 0.717) is 5.56 Å². The summed E-state index contributed by atoms with van der Waals surface area (Å²) in [5.41, 5.74) is 2.54. The Kier molecular flexibility index (Phi) is 4.25. The Morgan fingerprint density at radius 1 is 1.14 bits per heavy atom. The minimum Gasteiger partial charge on any atom is -0.339 e. The van der Waals surface area contributed by atoms with E-state index in [4.69, 9.17) is 0 Å². The zero-order valence-corrected chi connectivity index (χ0v) is 12.9. The van der Waals surface area contributed by atoms with E-state index >= 15 is 0 Å². The van der Waals surface area contributed by atoms with Gasteiger partial charge in [0.2, 0.25) is 0 Å². The minimum absolute atomic E-state index is 0.103. The van der Waals surface area contributed by atoms with Crippen molar-refractivity contribution < 1.29 is 4.79 Å². The Balaban J connectivity index is 2.05. The molecule has 3 nitrogen and oxygen atoms in total. The predicted octanol–water partition coefficient (Wildman–Crippen LogP) is 3.71. The highest BCUT2D eigenvalue weighted by atomic mass is 32.2. The predicted molar refractivity (Wildman–Crippen MR) is 86.6 cm³/mol. The molecule has 0 N–H and O–H groups in total. The van der Waals surface area contributed by atoms with Gasteiger partial charge in [-0.05, 0) is 37.3 Å². The molecule has 1 amide bonds. The minimum atomic E-state index is 0.103. The van der Waals surface area contributed by atoms with E-state index in [1.54, 1.807) is 18.0 Å². The van der Waals surface area contributed by atoms with Gasteiger partial charge >= 0.3 is 0 Å². The molecule has 0 bridgehead atoms. The normalized spacial score (nSPS) is 14.4. The zero-order chi connectivity index (χ0) is 14.7. The van der Waals surface area contributed by atoms with Crippen molar-refractivity contribution in [3.05, 3.63) is 48.2 Å². The van der Waals surface area contributed by atoms with Gasteiger partial charge in [-0.3, -0.25) is 9.78 Å². The van der Waals surface area contributed by atoms with Crippen molar-refractivity contribution in [2.45, 2.75) is 17.7 Å². The van der Waals surface area contributed by atoms with Crippen molar-refractivity contribution in [3.8, 4) is 11.3 Å². The summed E-state index contributed by atoms with van der Waals surface area (Å²) >= 11 is 1.68. The third-order valence-corrected chi connectivity index (χ3v) is 4.59. The fraction of sp³-hybridized carbons (Fsp3) is 0.294. The van der Waals surface area contributed by atoms with Crippen LogP contribution in [0.1, 0.15) is 23.2 Å². The third kappa shape index (κ3) is 2.81. The van der Waals surface area contributed by atoms with Crippen molar-refractivity contribution in [1.82, 2.24) is 9.88 Å². The van der Waals surface area contributed by atoms with E-state index in [-0.39, 0.29) is 5.91 Å². The molecule has 1 aliphatic heterocycles. The molecule has 0 saturated carbocycles. The van der Waals surface area contributed by atoms with Crippen LogP contribution in [0.25, 0.3) is 11.3 Å². The van der Waals surface area contributed by atoms with Crippen molar-refractivity contribution >= 4 is 17.7 Å². The van der Waals surface area contributed by atoms with Gasteiger partial charge in [0, 0.05) is 29.7 Å². The Labute approximate surface area is 129 Å². The number of hydrogen-bond acceptors (Lipinski definition) is 3. The molecule has 1 aromatic carbocycles. The molecular weight excluding hydrogens is 280 g/mol. The van der Waals surface area contributed by atoms with Crippen LogP contribution < -0.4 is 0 Å². The molecule has 108 valence electrons. The van der Waals surface area contributed by atoms with E-state index in [2.05, 4.69) is 11.1 Å². The summed E-state index contributed by atoms with van der Waals surface area (Å²) in [5, 5.41) is 0. The van der Waals surface area contributed by atoms with Crippen LogP contribution in [-0.4, -0.2) is 35.1 Å². The molecule has 0 aliphatic carbocycles. The van der Waals surface area contributed by atoms with E-state index in [1.165, 1.54) is 0 Å². The van der Waals surface area contributed by atoms with Gasteiger partial charge < -0.3 is 4.90 Å². The molecule has 3 rings (SSSR count). The number of aromatic nitrogens is 1. The molecule has 1 aliphatic rings. The average Bonchev–Trinajstić information content (AvgIpc) is 3.08. The van der Waals surface area contributed by atoms with Gasteiger partial charge in [0.1, 0.15) is 0 Å². The van der Waals surface area contributed by atoms with Gasteiger partial charge in [0.15, 0.2) is 0 Å². The number of thioether (sulfide) groups is 1.